The third-order valence-corrected chi connectivity index (χ3v) is 4.76. The number of rotatable bonds is 4. The van der Waals surface area contributed by atoms with Crippen LogP contribution in [0.25, 0.3) is 0 Å². The molecule has 0 atom stereocenters. The van der Waals surface area contributed by atoms with Crippen molar-refractivity contribution in [1.82, 2.24) is 4.90 Å². The molecule has 1 heterocycles. The van der Waals surface area contributed by atoms with Gasteiger partial charge in [0.15, 0.2) is 0 Å². The third kappa shape index (κ3) is 4.53. The van der Waals surface area contributed by atoms with E-state index >= 15 is 0 Å². The molecule has 0 bridgehead atoms. The number of nitrogens with one attached hydrogen (secondary N) is 1. The van der Waals surface area contributed by atoms with E-state index < -0.39 is 0 Å². The van der Waals surface area contributed by atoms with E-state index in [0.29, 0.717) is 26.9 Å². The van der Waals surface area contributed by atoms with Crippen LogP contribution in [0.3, 0.4) is 0 Å². The molecule has 2 aromatic rings. The van der Waals surface area contributed by atoms with E-state index in [1.54, 1.807) is 42.5 Å². The molecule has 1 N–H and O–H groups in total. The second kappa shape index (κ2) is 7.89. The molecular weight excluding hydrogens is 359 g/mol. The van der Waals surface area contributed by atoms with Crippen LogP contribution in [0.15, 0.2) is 42.5 Å². The van der Waals surface area contributed by atoms with Gasteiger partial charge in [0.05, 0.1) is 6.42 Å². The highest BCUT2D eigenvalue weighted by molar-refractivity contribution is 6.35. The molecule has 0 saturated carbocycles. The number of amides is 2. The van der Waals surface area contributed by atoms with Crippen molar-refractivity contribution in [2.75, 3.05) is 18.4 Å². The van der Waals surface area contributed by atoms with Gasteiger partial charge in [0.25, 0.3) is 5.91 Å². The van der Waals surface area contributed by atoms with Crippen molar-refractivity contribution in [2.24, 2.45) is 0 Å². The molecule has 2 aromatic carbocycles. The average Bonchev–Trinajstić information content (AvgIpc) is 3.12. The first-order chi connectivity index (χ1) is 12.0. The molecule has 25 heavy (non-hydrogen) atoms. The third-order valence-electron chi connectivity index (χ3n) is 4.18. The lowest BCUT2D eigenvalue weighted by Crippen LogP contribution is -2.27. The maximum absolute atomic E-state index is 12.3. The number of carbonyl (C=O) groups excluding carboxylic acids is 2. The Morgan fingerprint density at radius 2 is 1.68 bits per heavy atom. The van der Waals surface area contributed by atoms with Gasteiger partial charge in [-0.3, -0.25) is 9.59 Å². The van der Waals surface area contributed by atoms with Crippen LogP contribution in [0, 0.1) is 0 Å². The predicted octanol–water partition coefficient (Wildman–Crippen LogP) is 4.41. The molecule has 1 saturated heterocycles. The highest BCUT2D eigenvalue weighted by Gasteiger charge is 2.19. The summed E-state index contributed by atoms with van der Waals surface area (Å²) in [5.74, 6) is -0.133. The number of halogens is 2. The number of carbonyl (C=O) groups is 2. The number of nitrogens with zero attached hydrogens (tertiary/aromatic N) is 1. The summed E-state index contributed by atoms with van der Waals surface area (Å²) in [6.07, 6.45) is 2.28. The summed E-state index contributed by atoms with van der Waals surface area (Å²) in [5, 5.41) is 3.81. The van der Waals surface area contributed by atoms with Gasteiger partial charge in [-0.2, -0.15) is 0 Å². The number of likely N-dealkylation sites (tertiary alicyclic amines) is 1. The van der Waals surface area contributed by atoms with Crippen LogP contribution in [-0.2, 0) is 11.2 Å². The zero-order valence-corrected chi connectivity index (χ0v) is 15.1. The van der Waals surface area contributed by atoms with E-state index in [1.165, 1.54) is 0 Å². The summed E-state index contributed by atoms with van der Waals surface area (Å²) in [7, 11) is 0. The summed E-state index contributed by atoms with van der Waals surface area (Å²) in [4.78, 5) is 26.3. The zero-order chi connectivity index (χ0) is 17.8. The van der Waals surface area contributed by atoms with Crippen LogP contribution >= 0.6 is 23.2 Å². The van der Waals surface area contributed by atoms with Crippen LogP contribution in [-0.4, -0.2) is 29.8 Å². The van der Waals surface area contributed by atoms with Gasteiger partial charge in [-0.1, -0.05) is 29.3 Å². The Morgan fingerprint density at radius 3 is 2.32 bits per heavy atom. The number of hydrogen-bond donors (Lipinski definition) is 1. The lowest BCUT2D eigenvalue weighted by atomic mass is 10.1. The summed E-state index contributed by atoms with van der Waals surface area (Å²) >= 11 is 11.9. The normalized spacial score (nSPS) is 13.8. The van der Waals surface area contributed by atoms with Gasteiger partial charge in [-0.05, 0) is 54.8 Å². The molecule has 3 rings (SSSR count). The van der Waals surface area contributed by atoms with Gasteiger partial charge in [0.1, 0.15) is 0 Å². The van der Waals surface area contributed by atoms with E-state index in [0.717, 1.165) is 25.9 Å². The monoisotopic (exact) mass is 376 g/mol. The Balaban J connectivity index is 1.60. The molecule has 0 aliphatic carbocycles. The Kier molecular flexibility index (Phi) is 5.61. The molecule has 0 spiro atoms. The van der Waals surface area contributed by atoms with Gasteiger partial charge in [0.2, 0.25) is 5.91 Å². The Bertz CT molecular complexity index is 785. The molecule has 1 fully saturated rings. The molecule has 0 unspecified atom stereocenters. The standard InChI is InChI=1S/C19H18Cl2N2O2/c20-15-6-3-14(17(21)12-15)11-18(24)22-16-7-4-13(5-8-16)19(25)23-9-1-2-10-23/h3-8,12H,1-2,9-11H2,(H,22,24). The Morgan fingerprint density at radius 1 is 1.00 bits per heavy atom. The molecule has 1 aliphatic rings. The maximum atomic E-state index is 12.3. The number of benzene rings is 2. The Hall–Kier alpha value is -2.04. The summed E-state index contributed by atoms with van der Waals surface area (Å²) < 4.78 is 0. The van der Waals surface area contributed by atoms with Crippen molar-refractivity contribution < 1.29 is 9.59 Å². The first kappa shape index (κ1) is 17.8. The number of hydrogen-bond acceptors (Lipinski definition) is 2. The van der Waals surface area contributed by atoms with Crippen LogP contribution in [0.4, 0.5) is 5.69 Å². The minimum absolute atomic E-state index is 0.0447. The summed E-state index contributed by atoms with van der Waals surface area (Å²) in [6.45, 7) is 1.64. The van der Waals surface area contributed by atoms with Crippen LogP contribution in [0.2, 0.25) is 10.0 Å². The Labute approximate surface area is 156 Å². The topological polar surface area (TPSA) is 49.4 Å². The van der Waals surface area contributed by atoms with Crippen molar-refractivity contribution >= 4 is 40.7 Å². The van der Waals surface area contributed by atoms with Crippen LogP contribution in [0.5, 0.6) is 0 Å². The van der Waals surface area contributed by atoms with Gasteiger partial charge < -0.3 is 10.2 Å². The van der Waals surface area contributed by atoms with Crippen LogP contribution < -0.4 is 5.32 Å². The highest BCUT2D eigenvalue weighted by Crippen LogP contribution is 2.22. The minimum Gasteiger partial charge on any atom is -0.339 e. The van der Waals surface area contributed by atoms with Crippen molar-refractivity contribution in [1.29, 1.82) is 0 Å². The molecule has 0 aromatic heterocycles. The molecule has 2 amide bonds. The summed E-state index contributed by atoms with van der Waals surface area (Å²) in [6, 6.07) is 12.0. The molecule has 6 heteroatoms. The first-order valence-corrected chi connectivity index (χ1v) is 8.91. The molecule has 0 radical (unpaired) electrons. The van der Waals surface area contributed by atoms with Crippen molar-refractivity contribution in [3.63, 3.8) is 0 Å². The zero-order valence-electron chi connectivity index (χ0n) is 13.6. The lowest BCUT2D eigenvalue weighted by molar-refractivity contribution is -0.115. The smallest absolute Gasteiger partial charge is 0.253 e. The minimum atomic E-state index is -0.178. The van der Waals surface area contributed by atoms with E-state index in [-0.39, 0.29) is 18.2 Å². The molecular formula is C19H18Cl2N2O2. The SMILES string of the molecule is O=C(Cc1ccc(Cl)cc1Cl)Nc1ccc(C(=O)N2CCCC2)cc1. The van der Waals surface area contributed by atoms with E-state index in [4.69, 9.17) is 23.2 Å². The predicted molar refractivity (Wildman–Crippen MR) is 100 cm³/mol. The number of anilines is 1. The fourth-order valence-electron chi connectivity index (χ4n) is 2.84. The van der Waals surface area contributed by atoms with E-state index in [9.17, 15) is 9.59 Å². The average molecular weight is 377 g/mol. The fraction of sp³-hybridized carbons (Fsp3) is 0.263. The van der Waals surface area contributed by atoms with Crippen molar-refractivity contribution in [2.45, 2.75) is 19.3 Å². The second-order valence-electron chi connectivity index (χ2n) is 6.04. The van der Waals surface area contributed by atoms with Crippen LogP contribution in [0.1, 0.15) is 28.8 Å². The van der Waals surface area contributed by atoms with Gasteiger partial charge >= 0.3 is 0 Å². The van der Waals surface area contributed by atoms with Gasteiger partial charge in [-0.25, -0.2) is 0 Å². The van der Waals surface area contributed by atoms with Gasteiger partial charge in [-0.15, -0.1) is 0 Å². The molecule has 1 aliphatic heterocycles. The summed E-state index contributed by atoms with van der Waals surface area (Å²) in [5.41, 5.74) is 2.00. The van der Waals surface area contributed by atoms with Gasteiger partial charge in [0, 0.05) is 34.4 Å². The fourth-order valence-corrected chi connectivity index (χ4v) is 3.32. The molecule has 4 nitrogen and oxygen atoms in total. The van der Waals surface area contributed by atoms with Crippen molar-refractivity contribution in [3.8, 4) is 0 Å². The second-order valence-corrected chi connectivity index (χ2v) is 6.88. The quantitative estimate of drug-likeness (QED) is 0.858. The van der Waals surface area contributed by atoms with E-state index in [1.807, 2.05) is 4.90 Å². The van der Waals surface area contributed by atoms with Crippen molar-refractivity contribution in [3.05, 3.63) is 63.6 Å². The maximum Gasteiger partial charge on any atom is 0.253 e. The van der Waals surface area contributed by atoms with E-state index in [2.05, 4.69) is 5.32 Å². The lowest BCUT2D eigenvalue weighted by Gasteiger charge is -2.15. The largest absolute Gasteiger partial charge is 0.339 e. The molecule has 130 valence electrons. The highest BCUT2D eigenvalue weighted by atomic mass is 35.5. The first-order valence-electron chi connectivity index (χ1n) is 8.16.